The monoisotopic (exact) mass is 194 g/mol. The van der Waals surface area contributed by atoms with Crippen molar-refractivity contribution in [1.29, 1.82) is 0 Å². The molecule has 4 nitrogen and oxygen atoms in total. The first-order valence-corrected chi connectivity index (χ1v) is 4.73. The van der Waals surface area contributed by atoms with Gasteiger partial charge in [-0.2, -0.15) is 0 Å². The van der Waals surface area contributed by atoms with Crippen molar-refractivity contribution in [3.05, 3.63) is 18.0 Å². The Bertz CT molecular complexity index is 302. The summed E-state index contributed by atoms with van der Waals surface area (Å²) >= 11 is 0. The van der Waals surface area contributed by atoms with Gasteiger partial charge in [-0.3, -0.25) is 4.98 Å². The molecule has 0 unspecified atom stereocenters. The van der Waals surface area contributed by atoms with Crippen LogP contribution in [0, 0.1) is 0 Å². The number of nitrogens with two attached hydrogens (primary N) is 1. The van der Waals surface area contributed by atoms with E-state index < -0.39 is 0 Å². The van der Waals surface area contributed by atoms with Gasteiger partial charge in [-0.15, -0.1) is 0 Å². The van der Waals surface area contributed by atoms with Gasteiger partial charge in [-0.05, 0) is 12.8 Å². The first kappa shape index (κ1) is 9.27. The van der Waals surface area contributed by atoms with E-state index in [1.165, 1.54) is 0 Å². The lowest BCUT2D eigenvalue weighted by Crippen LogP contribution is -2.07. The molecule has 1 aromatic heterocycles. The van der Waals surface area contributed by atoms with Gasteiger partial charge in [0.05, 0.1) is 18.9 Å². The molecule has 0 amide bonds. The van der Waals surface area contributed by atoms with Crippen LogP contribution >= 0.6 is 0 Å². The van der Waals surface area contributed by atoms with Crippen LogP contribution in [0.2, 0.25) is 0 Å². The summed E-state index contributed by atoms with van der Waals surface area (Å²) in [6.45, 7) is 0.374. The van der Waals surface area contributed by atoms with E-state index in [-0.39, 0.29) is 0 Å². The Morgan fingerprint density at radius 2 is 2.36 bits per heavy atom. The van der Waals surface area contributed by atoms with Gasteiger partial charge in [0.2, 0.25) is 0 Å². The maximum absolute atomic E-state index is 5.70. The first-order valence-electron chi connectivity index (χ1n) is 4.73. The zero-order valence-electron chi connectivity index (χ0n) is 8.19. The molecule has 14 heavy (non-hydrogen) atoms. The molecule has 1 heterocycles. The summed E-state index contributed by atoms with van der Waals surface area (Å²) in [6, 6.07) is 1.79. The number of ether oxygens (including phenoxy) is 2. The summed E-state index contributed by atoms with van der Waals surface area (Å²) in [5.41, 5.74) is 6.33. The lowest BCUT2D eigenvalue weighted by molar-refractivity contribution is 0.277. The number of rotatable bonds is 4. The molecule has 2 rings (SSSR count). The summed E-state index contributed by atoms with van der Waals surface area (Å²) in [4.78, 5) is 4.16. The van der Waals surface area contributed by atoms with E-state index in [0.717, 1.165) is 18.5 Å². The molecule has 1 aliphatic carbocycles. The van der Waals surface area contributed by atoms with Gasteiger partial charge in [0.25, 0.3) is 0 Å². The minimum atomic E-state index is 0.332. The predicted molar refractivity (Wildman–Crippen MR) is 52.3 cm³/mol. The van der Waals surface area contributed by atoms with Gasteiger partial charge in [-0.1, -0.05) is 0 Å². The van der Waals surface area contributed by atoms with Gasteiger partial charge in [0.1, 0.15) is 0 Å². The maximum atomic E-state index is 5.70. The molecule has 1 saturated carbocycles. The van der Waals surface area contributed by atoms with E-state index in [2.05, 4.69) is 4.98 Å². The number of hydrogen-bond acceptors (Lipinski definition) is 4. The molecule has 1 aromatic rings. The molecule has 0 bridgehead atoms. The van der Waals surface area contributed by atoms with E-state index in [0.29, 0.717) is 24.1 Å². The molecule has 76 valence electrons. The van der Waals surface area contributed by atoms with Gasteiger partial charge in [0.15, 0.2) is 11.5 Å². The molecule has 2 N–H and O–H groups in total. The van der Waals surface area contributed by atoms with Crippen molar-refractivity contribution in [2.75, 3.05) is 7.11 Å². The van der Waals surface area contributed by atoms with Gasteiger partial charge < -0.3 is 15.2 Å². The Hall–Kier alpha value is -1.29. The second-order valence-electron chi connectivity index (χ2n) is 3.31. The molecule has 0 aromatic carbocycles. The normalized spacial score (nSPS) is 15.3. The van der Waals surface area contributed by atoms with E-state index >= 15 is 0 Å². The van der Waals surface area contributed by atoms with Crippen LogP contribution in [-0.4, -0.2) is 18.2 Å². The Morgan fingerprint density at radius 1 is 1.57 bits per heavy atom. The van der Waals surface area contributed by atoms with Crippen LogP contribution in [0.5, 0.6) is 11.5 Å². The summed E-state index contributed by atoms with van der Waals surface area (Å²) < 4.78 is 10.9. The summed E-state index contributed by atoms with van der Waals surface area (Å²) in [7, 11) is 1.62. The third-order valence-electron chi connectivity index (χ3n) is 2.16. The van der Waals surface area contributed by atoms with E-state index in [4.69, 9.17) is 15.2 Å². The smallest absolute Gasteiger partial charge is 0.184 e. The van der Waals surface area contributed by atoms with Crippen molar-refractivity contribution >= 4 is 0 Å². The van der Waals surface area contributed by atoms with Crippen LogP contribution in [0.25, 0.3) is 0 Å². The van der Waals surface area contributed by atoms with Gasteiger partial charge in [-0.25, -0.2) is 0 Å². The average molecular weight is 194 g/mol. The minimum Gasteiger partial charge on any atom is -0.493 e. The largest absolute Gasteiger partial charge is 0.493 e. The predicted octanol–water partition coefficient (Wildman–Crippen LogP) is 1.09. The first-order chi connectivity index (χ1) is 6.85. The van der Waals surface area contributed by atoms with Crippen LogP contribution in [-0.2, 0) is 6.54 Å². The number of aromatic nitrogens is 1. The highest BCUT2D eigenvalue weighted by Crippen LogP contribution is 2.35. The molecular formula is C10H14N2O2. The minimum absolute atomic E-state index is 0.332. The number of hydrogen-bond donors (Lipinski definition) is 1. The highest BCUT2D eigenvalue weighted by atomic mass is 16.5. The fraction of sp³-hybridized carbons (Fsp3) is 0.500. The molecular weight excluding hydrogens is 180 g/mol. The lowest BCUT2D eigenvalue weighted by Gasteiger charge is -2.12. The quantitative estimate of drug-likeness (QED) is 0.779. The summed E-state index contributed by atoms with van der Waals surface area (Å²) in [5, 5.41) is 0. The second-order valence-corrected chi connectivity index (χ2v) is 3.31. The Kier molecular flexibility index (Phi) is 2.54. The number of nitrogens with zero attached hydrogens (tertiary/aromatic N) is 1. The molecule has 4 heteroatoms. The van der Waals surface area contributed by atoms with E-state index in [1.54, 1.807) is 19.4 Å². The van der Waals surface area contributed by atoms with Crippen molar-refractivity contribution < 1.29 is 9.47 Å². The molecule has 1 fully saturated rings. The van der Waals surface area contributed by atoms with Gasteiger partial charge in [0, 0.05) is 18.8 Å². The fourth-order valence-electron chi connectivity index (χ4n) is 1.26. The van der Waals surface area contributed by atoms with Crippen LogP contribution in [0.15, 0.2) is 12.3 Å². The standard InChI is InChI=1S/C10H14N2O2/c1-13-9-4-5-12-8(6-11)10(9)14-7-2-3-7/h4-5,7H,2-3,6,11H2,1H3. The van der Waals surface area contributed by atoms with Crippen molar-refractivity contribution in [3.63, 3.8) is 0 Å². The highest BCUT2D eigenvalue weighted by molar-refractivity contribution is 5.42. The van der Waals surface area contributed by atoms with Crippen LogP contribution < -0.4 is 15.2 Å². The zero-order valence-corrected chi connectivity index (χ0v) is 8.19. The number of pyridine rings is 1. The molecule has 0 aliphatic heterocycles. The molecule has 0 spiro atoms. The van der Waals surface area contributed by atoms with Crippen molar-refractivity contribution in [2.24, 2.45) is 5.73 Å². The van der Waals surface area contributed by atoms with Crippen LogP contribution in [0.1, 0.15) is 18.5 Å². The van der Waals surface area contributed by atoms with Crippen molar-refractivity contribution in [1.82, 2.24) is 4.98 Å². The highest BCUT2D eigenvalue weighted by Gasteiger charge is 2.26. The third kappa shape index (κ3) is 1.80. The fourth-order valence-corrected chi connectivity index (χ4v) is 1.26. The Balaban J connectivity index is 2.29. The summed E-state index contributed by atoms with van der Waals surface area (Å²) in [6.07, 6.45) is 4.24. The average Bonchev–Trinajstić information content (AvgIpc) is 3.02. The third-order valence-corrected chi connectivity index (χ3v) is 2.16. The maximum Gasteiger partial charge on any atom is 0.184 e. The topological polar surface area (TPSA) is 57.4 Å². The van der Waals surface area contributed by atoms with E-state index in [9.17, 15) is 0 Å². The molecule has 0 saturated heterocycles. The Morgan fingerprint density at radius 3 is 2.93 bits per heavy atom. The zero-order chi connectivity index (χ0) is 9.97. The molecule has 1 aliphatic rings. The van der Waals surface area contributed by atoms with Crippen LogP contribution in [0.4, 0.5) is 0 Å². The lowest BCUT2D eigenvalue weighted by atomic mass is 10.3. The Labute approximate surface area is 83.0 Å². The number of methoxy groups -OCH3 is 1. The van der Waals surface area contributed by atoms with Crippen LogP contribution in [0.3, 0.4) is 0 Å². The van der Waals surface area contributed by atoms with Crippen molar-refractivity contribution in [3.8, 4) is 11.5 Å². The SMILES string of the molecule is COc1ccnc(CN)c1OC1CC1. The molecule has 0 atom stereocenters. The van der Waals surface area contributed by atoms with E-state index in [1.807, 2.05) is 0 Å². The van der Waals surface area contributed by atoms with Gasteiger partial charge >= 0.3 is 0 Å². The molecule has 0 radical (unpaired) electrons. The van der Waals surface area contributed by atoms with Crippen molar-refractivity contribution in [2.45, 2.75) is 25.5 Å². The second kappa shape index (κ2) is 3.84. The summed E-state index contributed by atoms with van der Waals surface area (Å²) in [5.74, 6) is 1.42.